The van der Waals surface area contributed by atoms with E-state index in [9.17, 15) is 8.76 Å². The number of hydrogen-bond donors (Lipinski definition) is 0. The zero-order valence-corrected chi connectivity index (χ0v) is 12.8. The van der Waals surface area contributed by atoms with Crippen molar-refractivity contribution in [2.24, 2.45) is 0 Å². The van der Waals surface area contributed by atoms with Crippen molar-refractivity contribution in [2.75, 3.05) is 5.75 Å². The number of hydrogen-bond acceptors (Lipinski definition) is 2. The third-order valence-corrected chi connectivity index (χ3v) is 3.13. The van der Waals surface area contributed by atoms with Gasteiger partial charge >= 0.3 is 0 Å². The van der Waals surface area contributed by atoms with Crippen molar-refractivity contribution in [1.82, 2.24) is 0 Å². The summed E-state index contributed by atoms with van der Waals surface area (Å²) in [6.45, 7) is 8.38. The highest BCUT2D eigenvalue weighted by Gasteiger charge is 1.92. The second-order valence-electron chi connectivity index (χ2n) is 4.93. The van der Waals surface area contributed by atoms with Crippen molar-refractivity contribution in [3.63, 3.8) is 0 Å². The van der Waals surface area contributed by atoms with Crippen LogP contribution in [0.4, 0.5) is 0 Å². The summed E-state index contributed by atoms with van der Waals surface area (Å²) in [7, 11) is 0. The zero-order chi connectivity index (χ0) is 14.0. The van der Waals surface area contributed by atoms with E-state index in [0.717, 1.165) is 31.3 Å². The normalized spacial score (nSPS) is 14.5. The topological polar surface area (TPSA) is 40.1 Å². The van der Waals surface area contributed by atoms with E-state index < -0.39 is 11.1 Å². The summed E-state index contributed by atoms with van der Waals surface area (Å²) in [6.07, 6.45) is 10.4. The smallest absolute Gasteiger partial charge is 0.0284 e. The van der Waals surface area contributed by atoms with Crippen LogP contribution in [0, 0.1) is 0 Å². The fraction of sp³-hybridized carbons (Fsp3) is 0.600. The Morgan fingerprint density at radius 3 is 1.94 bits per heavy atom. The Balaban J connectivity index is 3.89. The zero-order valence-electron chi connectivity index (χ0n) is 12.0. The van der Waals surface area contributed by atoms with Crippen LogP contribution in [0.5, 0.6) is 0 Å². The predicted molar refractivity (Wildman–Crippen MR) is 79.2 cm³/mol. The fourth-order valence-electron chi connectivity index (χ4n) is 1.55. The molecule has 0 bridgehead atoms. The van der Waals surface area contributed by atoms with Gasteiger partial charge in [0, 0.05) is 5.75 Å². The lowest BCUT2D eigenvalue weighted by Gasteiger charge is -2.03. The molecule has 0 aromatic carbocycles. The lowest BCUT2D eigenvalue weighted by atomic mass is 10.1. The Bertz CT molecular complexity index is 348. The summed E-state index contributed by atoms with van der Waals surface area (Å²) in [5.74, 6) is 0.134. The Morgan fingerprint density at radius 1 is 0.944 bits per heavy atom. The highest BCUT2D eigenvalue weighted by molar-refractivity contribution is 7.79. The van der Waals surface area contributed by atoms with Crippen LogP contribution in [0.3, 0.4) is 0 Å². The van der Waals surface area contributed by atoms with Gasteiger partial charge in [0.2, 0.25) is 0 Å². The van der Waals surface area contributed by atoms with Crippen LogP contribution < -0.4 is 0 Å². The molecule has 0 aliphatic carbocycles. The summed E-state index contributed by atoms with van der Waals surface area (Å²) in [5, 5.41) is 0. The molecule has 3 heteroatoms. The van der Waals surface area contributed by atoms with Crippen molar-refractivity contribution < 1.29 is 8.76 Å². The summed E-state index contributed by atoms with van der Waals surface area (Å²) >= 11 is -1.96. The Kier molecular flexibility index (Phi) is 9.89. The van der Waals surface area contributed by atoms with Crippen molar-refractivity contribution in [3.8, 4) is 0 Å². The molecule has 0 spiro atoms. The van der Waals surface area contributed by atoms with Crippen LogP contribution in [-0.2, 0) is 11.1 Å². The molecule has 0 saturated heterocycles. The van der Waals surface area contributed by atoms with Crippen LogP contribution in [-0.4, -0.2) is 14.5 Å². The first-order chi connectivity index (χ1) is 8.41. The molecule has 0 heterocycles. The molecular weight excluding hydrogens is 244 g/mol. The second kappa shape index (κ2) is 10.3. The van der Waals surface area contributed by atoms with Gasteiger partial charge in [-0.05, 0) is 53.4 Å². The quantitative estimate of drug-likeness (QED) is 0.487. The van der Waals surface area contributed by atoms with Gasteiger partial charge in [-0.2, -0.15) is 0 Å². The third kappa shape index (κ3) is 11.8. The van der Waals surface area contributed by atoms with Crippen molar-refractivity contribution in [2.45, 2.75) is 53.4 Å². The second-order valence-corrected chi connectivity index (χ2v) is 5.87. The van der Waals surface area contributed by atoms with E-state index in [4.69, 9.17) is 0 Å². The minimum atomic E-state index is -1.96. The van der Waals surface area contributed by atoms with E-state index in [-0.39, 0.29) is 5.75 Å². The lowest BCUT2D eigenvalue weighted by Crippen LogP contribution is -1.92. The van der Waals surface area contributed by atoms with E-state index >= 15 is 0 Å². The van der Waals surface area contributed by atoms with Gasteiger partial charge in [-0.1, -0.05) is 46.0 Å². The average molecular weight is 269 g/mol. The maximum atomic E-state index is 10.4. The first kappa shape index (κ1) is 17.3. The first-order valence-corrected chi connectivity index (χ1v) is 7.66. The monoisotopic (exact) mass is 269 g/mol. The van der Waals surface area contributed by atoms with Gasteiger partial charge < -0.3 is 4.55 Å². The molecular formula is C15H25O2S-. The lowest BCUT2D eigenvalue weighted by molar-refractivity contribution is 0.540. The van der Waals surface area contributed by atoms with E-state index in [0.29, 0.717) is 0 Å². The Morgan fingerprint density at radius 2 is 1.44 bits per heavy atom. The van der Waals surface area contributed by atoms with Crippen molar-refractivity contribution in [3.05, 3.63) is 34.9 Å². The van der Waals surface area contributed by atoms with Crippen LogP contribution in [0.1, 0.15) is 53.4 Å². The van der Waals surface area contributed by atoms with Gasteiger partial charge in [0.1, 0.15) is 0 Å². The molecule has 0 amide bonds. The molecule has 0 aliphatic rings. The summed E-state index contributed by atoms with van der Waals surface area (Å²) in [4.78, 5) is 0. The van der Waals surface area contributed by atoms with Gasteiger partial charge in [-0.15, -0.1) is 0 Å². The molecule has 0 fully saturated rings. The molecule has 0 aromatic rings. The van der Waals surface area contributed by atoms with E-state index in [1.54, 1.807) is 6.08 Å². The number of allylic oxidation sites excluding steroid dienone is 5. The molecule has 0 rings (SSSR count). The van der Waals surface area contributed by atoms with Crippen molar-refractivity contribution >= 4 is 11.1 Å². The Hall–Kier alpha value is -0.670. The third-order valence-electron chi connectivity index (χ3n) is 2.69. The highest BCUT2D eigenvalue weighted by atomic mass is 32.2. The molecule has 0 saturated carbocycles. The molecule has 0 N–H and O–H groups in total. The van der Waals surface area contributed by atoms with Crippen LogP contribution in [0.25, 0.3) is 0 Å². The fourth-order valence-corrected chi connectivity index (χ4v) is 1.97. The molecule has 2 nitrogen and oxygen atoms in total. The van der Waals surface area contributed by atoms with Gasteiger partial charge in [0.25, 0.3) is 0 Å². The Labute approximate surface area is 114 Å². The summed E-state index contributed by atoms with van der Waals surface area (Å²) in [6, 6.07) is 0. The summed E-state index contributed by atoms with van der Waals surface area (Å²) < 4.78 is 20.8. The molecule has 1 atom stereocenters. The SMILES string of the molecule is CC(C)=CCCC(C)=CCCC(C)=CCS(=O)[O-]. The highest BCUT2D eigenvalue weighted by Crippen LogP contribution is 2.11. The minimum Gasteiger partial charge on any atom is -0.772 e. The molecule has 104 valence electrons. The molecule has 0 aliphatic heterocycles. The predicted octanol–water partition coefficient (Wildman–Crippen LogP) is 4.28. The van der Waals surface area contributed by atoms with Gasteiger partial charge in [0.05, 0.1) is 0 Å². The average Bonchev–Trinajstić information content (AvgIpc) is 2.25. The van der Waals surface area contributed by atoms with E-state index in [1.165, 1.54) is 11.1 Å². The maximum Gasteiger partial charge on any atom is 0.0284 e. The molecule has 1 unspecified atom stereocenters. The van der Waals surface area contributed by atoms with Crippen LogP contribution >= 0.6 is 0 Å². The minimum absolute atomic E-state index is 0.134. The van der Waals surface area contributed by atoms with Crippen molar-refractivity contribution in [1.29, 1.82) is 0 Å². The first-order valence-electron chi connectivity index (χ1n) is 6.42. The van der Waals surface area contributed by atoms with Gasteiger partial charge in [0.15, 0.2) is 0 Å². The number of rotatable bonds is 8. The maximum absolute atomic E-state index is 10.4. The summed E-state index contributed by atoms with van der Waals surface area (Å²) in [5.41, 5.74) is 3.92. The van der Waals surface area contributed by atoms with Crippen LogP contribution in [0.15, 0.2) is 34.9 Å². The van der Waals surface area contributed by atoms with Gasteiger partial charge in [-0.3, -0.25) is 4.21 Å². The molecule has 0 aromatic heterocycles. The largest absolute Gasteiger partial charge is 0.772 e. The van der Waals surface area contributed by atoms with E-state index in [1.807, 2.05) is 6.92 Å². The standard InChI is InChI=1S/C15H26O2S/c1-13(2)7-5-8-14(3)9-6-10-15(4)11-12-18(16)17/h7,9,11H,5-6,8,10,12H2,1-4H3,(H,16,17)/p-1. The van der Waals surface area contributed by atoms with Gasteiger partial charge in [-0.25, -0.2) is 0 Å². The van der Waals surface area contributed by atoms with E-state index in [2.05, 4.69) is 32.9 Å². The molecule has 0 radical (unpaired) electrons. The molecule has 18 heavy (non-hydrogen) atoms. The van der Waals surface area contributed by atoms with Crippen LogP contribution in [0.2, 0.25) is 0 Å².